The predicted molar refractivity (Wildman–Crippen MR) is 131 cm³/mol. The number of alkyl carbamates (subject to hydrolysis) is 1. The van der Waals surface area contributed by atoms with Gasteiger partial charge in [-0.15, -0.1) is 0 Å². The fourth-order valence-electron chi connectivity index (χ4n) is 3.88. The number of carbonyl (C=O) groups is 1. The van der Waals surface area contributed by atoms with Crippen LogP contribution in [0.5, 0.6) is 0 Å². The van der Waals surface area contributed by atoms with E-state index < -0.39 is 17.7 Å². The van der Waals surface area contributed by atoms with Crippen LogP contribution in [-0.2, 0) is 4.74 Å². The summed E-state index contributed by atoms with van der Waals surface area (Å²) in [6.07, 6.45) is 2.84. The van der Waals surface area contributed by atoms with Gasteiger partial charge in [-0.3, -0.25) is 9.97 Å². The van der Waals surface area contributed by atoms with Crippen molar-refractivity contribution in [2.45, 2.75) is 46.3 Å². The highest BCUT2D eigenvalue weighted by molar-refractivity contribution is 6.02. The van der Waals surface area contributed by atoms with E-state index in [4.69, 9.17) is 9.72 Å². The summed E-state index contributed by atoms with van der Waals surface area (Å²) in [6, 6.07) is 13.3. The average Bonchev–Trinajstić information content (AvgIpc) is 2.77. The second-order valence-corrected chi connectivity index (χ2v) is 9.16. The van der Waals surface area contributed by atoms with Crippen molar-refractivity contribution in [2.75, 3.05) is 0 Å². The van der Waals surface area contributed by atoms with Crippen molar-refractivity contribution in [2.24, 2.45) is 0 Å². The van der Waals surface area contributed by atoms with Gasteiger partial charge in [-0.2, -0.15) is 0 Å². The molecule has 34 heavy (non-hydrogen) atoms. The zero-order valence-electron chi connectivity index (χ0n) is 19.9. The van der Waals surface area contributed by atoms with Gasteiger partial charge >= 0.3 is 6.09 Å². The van der Waals surface area contributed by atoms with Gasteiger partial charge in [0.1, 0.15) is 11.4 Å². The predicted octanol–water partition coefficient (Wildman–Crippen LogP) is 6.39. The average molecular weight is 459 g/mol. The molecule has 0 aliphatic rings. The molecule has 0 aliphatic heterocycles. The minimum Gasteiger partial charge on any atom is -0.444 e. The molecule has 1 atom stereocenters. The number of nitrogens with zero attached hydrogens (tertiary/aromatic N) is 3. The van der Waals surface area contributed by atoms with Crippen LogP contribution in [0.25, 0.3) is 33.4 Å². The van der Waals surface area contributed by atoms with Crippen LogP contribution in [0.15, 0.2) is 60.9 Å². The maximum atomic E-state index is 14.4. The molecule has 4 aromatic rings. The number of rotatable bonds is 4. The van der Waals surface area contributed by atoms with Crippen LogP contribution in [0.2, 0.25) is 0 Å². The van der Waals surface area contributed by atoms with Gasteiger partial charge in [0, 0.05) is 28.9 Å². The molecular weight excluding hydrogens is 431 g/mol. The van der Waals surface area contributed by atoms with Crippen molar-refractivity contribution >= 4 is 17.0 Å². The van der Waals surface area contributed by atoms with Crippen LogP contribution in [0.1, 0.15) is 45.0 Å². The molecule has 0 fully saturated rings. The molecule has 1 unspecified atom stereocenters. The van der Waals surface area contributed by atoms with Crippen molar-refractivity contribution in [3.63, 3.8) is 0 Å². The molecule has 7 heteroatoms. The van der Waals surface area contributed by atoms with Crippen molar-refractivity contribution in [3.8, 4) is 22.5 Å². The number of aromatic nitrogens is 3. The molecule has 0 saturated carbocycles. The quantitative estimate of drug-likeness (QED) is 0.383. The molecule has 3 heterocycles. The SMILES string of the molecule is Cc1cccnc1-c1c(-c2ccccn2)c(C(C)NC(=O)OC(C)(C)C)nc2ccc(F)cc12. The zero-order valence-corrected chi connectivity index (χ0v) is 19.9. The lowest BCUT2D eigenvalue weighted by Gasteiger charge is -2.24. The van der Waals surface area contributed by atoms with Crippen LogP contribution in [0, 0.1) is 12.7 Å². The molecule has 174 valence electrons. The van der Waals surface area contributed by atoms with E-state index in [2.05, 4.69) is 15.3 Å². The summed E-state index contributed by atoms with van der Waals surface area (Å²) in [5, 5.41) is 3.51. The first-order valence-corrected chi connectivity index (χ1v) is 11.1. The first kappa shape index (κ1) is 23.3. The third-order valence-corrected chi connectivity index (χ3v) is 5.29. The van der Waals surface area contributed by atoms with E-state index in [1.165, 1.54) is 12.1 Å². The minimum absolute atomic E-state index is 0.371. The normalized spacial score (nSPS) is 12.4. The highest BCUT2D eigenvalue weighted by atomic mass is 19.1. The largest absolute Gasteiger partial charge is 0.444 e. The third-order valence-electron chi connectivity index (χ3n) is 5.29. The summed E-state index contributed by atoms with van der Waals surface area (Å²) >= 11 is 0. The number of amides is 1. The van der Waals surface area contributed by atoms with E-state index in [1.54, 1.807) is 39.2 Å². The number of fused-ring (bicyclic) bond motifs is 1. The number of carbonyl (C=O) groups excluding carboxylic acids is 1. The molecule has 1 aromatic carbocycles. The Balaban J connectivity index is 2.02. The maximum absolute atomic E-state index is 14.4. The second kappa shape index (κ2) is 9.17. The van der Waals surface area contributed by atoms with Crippen LogP contribution in [0.3, 0.4) is 0 Å². The van der Waals surface area contributed by atoms with Gasteiger partial charge < -0.3 is 10.1 Å². The zero-order chi connectivity index (χ0) is 24.5. The molecule has 0 radical (unpaired) electrons. The molecule has 3 aromatic heterocycles. The highest BCUT2D eigenvalue weighted by Gasteiger charge is 2.26. The Bertz CT molecular complexity index is 1350. The summed E-state index contributed by atoms with van der Waals surface area (Å²) in [5.74, 6) is -0.371. The second-order valence-electron chi connectivity index (χ2n) is 9.16. The Morgan fingerprint density at radius 2 is 1.79 bits per heavy atom. The Kier molecular flexibility index (Phi) is 6.28. The van der Waals surface area contributed by atoms with Crippen molar-refractivity contribution in [3.05, 3.63) is 78.0 Å². The van der Waals surface area contributed by atoms with Gasteiger partial charge in [-0.25, -0.2) is 14.2 Å². The van der Waals surface area contributed by atoms with E-state index in [0.717, 1.165) is 5.56 Å². The number of pyridine rings is 3. The van der Waals surface area contributed by atoms with E-state index in [9.17, 15) is 9.18 Å². The van der Waals surface area contributed by atoms with Gasteiger partial charge in [-0.1, -0.05) is 12.1 Å². The Labute approximate surface area is 198 Å². The van der Waals surface area contributed by atoms with Crippen molar-refractivity contribution in [1.29, 1.82) is 0 Å². The molecule has 4 rings (SSSR count). The lowest BCUT2D eigenvalue weighted by Crippen LogP contribution is -2.34. The summed E-state index contributed by atoms with van der Waals surface area (Å²) in [5.41, 5.74) is 4.21. The van der Waals surface area contributed by atoms with E-state index >= 15 is 0 Å². The first-order chi connectivity index (χ1) is 16.1. The van der Waals surface area contributed by atoms with Gasteiger partial charge in [-0.05, 0) is 76.6 Å². The lowest BCUT2D eigenvalue weighted by atomic mass is 9.91. The standard InChI is InChI=1S/C27H27FN4O2/c1-16-9-8-14-30-24(16)22-19-15-18(28)11-12-20(19)32-25(23(22)21-10-6-7-13-29-21)17(2)31-26(33)34-27(3,4)5/h6-15,17H,1-5H3,(H,31,33). The lowest BCUT2D eigenvalue weighted by molar-refractivity contribution is 0.0507. The fourth-order valence-corrected chi connectivity index (χ4v) is 3.88. The van der Waals surface area contributed by atoms with Crippen molar-refractivity contribution in [1.82, 2.24) is 20.3 Å². The summed E-state index contributed by atoms with van der Waals surface area (Å²) in [7, 11) is 0. The Morgan fingerprint density at radius 1 is 1.03 bits per heavy atom. The molecule has 0 aliphatic carbocycles. The van der Waals surface area contributed by atoms with E-state index in [1.807, 2.05) is 44.2 Å². The number of benzene rings is 1. The first-order valence-electron chi connectivity index (χ1n) is 11.1. The maximum Gasteiger partial charge on any atom is 0.408 e. The molecule has 0 bridgehead atoms. The van der Waals surface area contributed by atoms with Gasteiger partial charge in [0.2, 0.25) is 0 Å². The molecule has 6 nitrogen and oxygen atoms in total. The molecule has 0 saturated heterocycles. The van der Waals surface area contributed by atoms with Crippen molar-refractivity contribution < 1.29 is 13.9 Å². The van der Waals surface area contributed by atoms with Crippen LogP contribution in [-0.4, -0.2) is 26.6 Å². The number of halogens is 1. The molecule has 1 N–H and O–H groups in total. The van der Waals surface area contributed by atoms with E-state index in [0.29, 0.717) is 39.1 Å². The van der Waals surface area contributed by atoms with Crippen LogP contribution in [0.4, 0.5) is 9.18 Å². The van der Waals surface area contributed by atoms with E-state index in [-0.39, 0.29) is 5.82 Å². The Morgan fingerprint density at radius 3 is 2.47 bits per heavy atom. The smallest absolute Gasteiger partial charge is 0.408 e. The minimum atomic E-state index is -0.641. The Hall–Kier alpha value is -3.87. The highest BCUT2D eigenvalue weighted by Crippen LogP contribution is 2.41. The van der Waals surface area contributed by atoms with Gasteiger partial charge in [0.05, 0.1) is 28.6 Å². The molecule has 0 spiro atoms. The van der Waals surface area contributed by atoms with Crippen LogP contribution >= 0.6 is 0 Å². The third kappa shape index (κ3) is 4.88. The number of hydrogen-bond acceptors (Lipinski definition) is 5. The van der Waals surface area contributed by atoms with Crippen LogP contribution < -0.4 is 5.32 Å². The van der Waals surface area contributed by atoms with Gasteiger partial charge in [0.15, 0.2) is 0 Å². The number of aryl methyl sites for hydroxylation is 1. The molecular formula is C27H27FN4O2. The van der Waals surface area contributed by atoms with Gasteiger partial charge in [0.25, 0.3) is 0 Å². The molecule has 1 amide bonds. The monoisotopic (exact) mass is 458 g/mol. The topological polar surface area (TPSA) is 77.0 Å². The number of ether oxygens (including phenoxy) is 1. The summed E-state index contributed by atoms with van der Waals surface area (Å²) < 4.78 is 19.9. The fraction of sp³-hybridized carbons (Fsp3) is 0.259. The summed E-state index contributed by atoms with van der Waals surface area (Å²) in [4.78, 5) is 26.6. The summed E-state index contributed by atoms with van der Waals surface area (Å²) in [6.45, 7) is 9.21. The number of hydrogen-bond donors (Lipinski definition) is 1. The number of nitrogens with one attached hydrogen (secondary N) is 1.